The molecule has 2 heterocycles. The van der Waals surface area contributed by atoms with E-state index in [1.165, 1.54) is 0 Å². The monoisotopic (exact) mass is 354 g/mol. The molecule has 1 saturated heterocycles. The lowest BCUT2D eigenvalue weighted by Crippen LogP contribution is -2.49. The molecule has 1 aliphatic heterocycles. The van der Waals surface area contributed by atoms with E-state index in [1.54, 1.807) is 13.1 Å². The predicted molar refractivity (Wildman–Crippen MR) is 101 cm³/mol. The van der Waals surface area contributed by atoms with Gasteiger partial charge in [0.05, 0.1) is 6.10 Å². The van der Waals surface area contributed by atoms with E-state index in [-0.39, 0.29) is 23.5 Å². The SMILES string of the molecule is CNC(=O)c1ccc(N2C[C@@H](c3ccccc3)O[C@@H](C(C)(C)C)C2)nn1. The molecule has 1 N–H and O–H groups in total. The third-order valence-electron chi connectivity index (χ3n) is 4.67. The molecule has 6 heteroatoms. The second-order valence-electron chi connectivity index (χ2n) is 7.65. The summed E-state index contributed by atoms with van der Waals surface area (Å²) in [6, 6.07) is 13.8. The van der Waals surface area contributed by atoms with Crippen LogP contribution in [-0.2, 0) is 4.74 Å². The van der Waals surface area contributed by atoms with Gasteiger partial charge in [-0.05, 0) is 23.1 Å². The van der Waals surface area contributed by atoms with Crippen LogP contribution in [0.15, 0.2) is 42.5 Å². The molecule has 0 saturated carbocycles. The molecule has 3 rings (SSSR count). The Labute approximate surface area is 154 Å². The van der Waals surface area contributed by atoms with Crippen LogP contribution in [-0.4, -0.2) is 42.3 Å². The Morgan fingerprint density at radius 2 is 1.85 bits per heavy atom. The smallest absolute Gasteiger partial charge is 0.271 e. The first-order valence-corrected chi connectivity index (χ1v) is 8.89. The average molecular weight is 354 g/mol. The highest BCUT2D eigenvalue weighted by Gasteiger charge is 2.36. The van der Waals surface area contributed by atoms with Crippen molar-refractivity contribution in [3.8, 4) is 0 Å². The van der Waals surface area contributed by atoms with Crippen molar-refractivity contribution in [1.29, 1.82) is 0 Å². The van der Waals surface area contributed by atoms with Crippen molar-refractivity contribution in [2.24, 2.45) is 5.41 Å². The van der Waals surface area contributed by atoms with Crippen molar-refractivity contribution in [1.82, 2.24) is 15.5 Å². The number of nitrogens with zero attached hydrogens (tertiary/aromatic N) is 3. The maximum atomic E-state index is 11.7. The van der Waals surface area contributed by atoms with Crippen molar-refractivity contribution in [3.63, 3.8) is 0 Å². The summed E-state index contributed by atoms with van der Waals surface area (Å²) in [4.78, 5) is 13.9. The van der Waals surface area contributed by atoms with Gasteiger partial charge in [-0.25, -0.2) is 0 Å². The molecule has 0 radical (unpaired) electrons. The summed E-state index contributed by atoms with van der Waals surface area (Å²) in [5.74, 6) is 0.525. The molecule has 1 aromatic carbocycles. The van der Waals surface area contributed by atoms with Gasteiger partial charge in [0.1, 0.15) is 6.10 Å². The molecular weight excluding hydrogens is 328 g/mol. The zero-order valence-electron chi connectivity index (χ0n) is 15.8. The topological polar surface area (TPSA) is 67.4 Å². The normalized spacial score (nSPS) is 20.7. The molecule has 6 nitrogen and oxygen atoms in total. The molecule has 0 spiro atoms. The number of nitrogens with one attached hydrogen (secondary N) is 1. The van der Waals surface area contributed by atoms with Crippen molar-refractivity contribution in [3.05, 3.63) is 53.7 Å². The zero-order valence-corrected chi connectivity index (χ0v) is 15.8. The van der Waals surface area contributed by atoms with Gasteiger partial charge in [0.15, 0.2) is 11.5 Å². The van der Waals surface area contributed by atoms with Gasteiger partial charge in [-0.15, -0.1) is 10.2 Å². The number of carbonyl (C=O) groups is 1. The van der Waals surface area contributed by atoms with E-state index < -0.39 is 0 Å². The molecular formula is C20H26N4O2. The van der Waals surface area contributed by atoms with E-state index in [1.807, 2.05) is 24.3 Å². The minimum Gasteiger partial charge on any atom is -0.366 e. The number of hydrogen-bond acceptors (Lipinski definition) is 5. The highest BCUT2D eigenvalue weighted by molar-refractivity contribution is 5.91. The summed E-state index contributed by atoms with van der Waals surface area (Å²) in [5, 5.41) is 10.9. The number of hydrogen-bond donors (Lipinski definition) is 1. The largest absolute Gasteiger partial charge is 0.366 e. The fourth-order valence-corrected chi connectivity index (χ4v) is 3.02. The molecule has 0 bridgehead atoms. The van der Waals surface area contributed by atoms with Crippen LogP contribution in [0.1, 0.15) is 42.9 Å². The van der Waals surface area contributed by atoms with E-state index in [9.17, 15) is 4.79 Å². The summed E-state index contributed by atoms with van der Waals surface area (Å²) < 4.78 is 6.41. The van der Waals surface area contributed by atoms with Crippen LogP contribution in [0.25, 0.3) is 0 Å². The molecule has 1 fully saturated rings. The van der Waals surface area contributed by atoms with Crippen LogP contribution in [0.4, 0.5) is 5.82 Å². The van der Waals surface area contributed by atoms with Crippen LogP contribution in [0.3, 0.4) is 0 Å². The fraction of sp³-hybridized carbons (Fsp3) is 0.450. The van der Waals surface area contributed by atoms with Gasteiger partial charge in [-0.1, -0.05) is 51.1 Å². The Bertz CT molecular complexity index is 741. The second kappa shape index (κ2) is 7.41. The summed E-state index contributed by atoms with van der Waals surface area (Å²) in [5.41, 5.74) is 1.47. The molecule has 0 aliphatic carbocycles. The lowest BCUT2D eigenvalue weighted by Gasteiger charge is -2.43. The Balaban J connectivity index is 1.86. The van der Waals surface area contributed by atoms with Crippen molar-refractivity contribution in [2.45, 2.75) is 33.0 Å². The maximum Gasteiger partial charge on any atom is 0.271 e. The number of morpholine rings is 1. The first kappa shape index (κ1) is 18.3. The van der Waals surface area contributed by atoms with E-state index in [4.69, 9.17) is 4.74 Å². The van der Waals surface area contributed by atoms with Crippen LogP contribution in [0.2, 0.25) is 0 Å². The third-order valence-corrected chi connectivity index (χ3v) is 4.67. The Morgan fingerprint density at radius 3 is 2.42 bits per heavy atom. The molecule has 2 atom stereocenters. The molecule has 138 valence electrons. The molecule has 0 unspecified atom stereocenters. The Morgan fingerprint density at radius 1 is 1.12 bits per heavy atom. The number of rotatable bonds is 3. The van der Waals surface area contributed by atoms with Gasteiger partial charge in [0.25, 0.3) is 5.91 Å². The first-order valence-electron chi connectivity index (χ1n) is 8.89. The minimum atomic E-state index is -0.235. The Hall–Kier alpha value is -2.47. The Kier molecular flexibility index (Phi) is 5.23. The predicted octanol–water partition coefficient (Wildman–Crippen LogP) is 2.83. The third kappa shape index (κ3) is 4.02. The zero-order chi connectivity index (χ0) is 18.7. The molecule has 1 aliphatic rings. The van der Waals surface area contributed by atoms with Crippen LogP contribution in [0, 0.1) is 5.41 Å². The first-order chi connectivity index (χ1) is 12.4. The molecule has 1 amide bonds. The average Bonchev–Trinajstić information content (AvgIpc) is 2.67. The second-order valence-corrected chi connectivity index (χ2v) is 7.65. The van der Waals surface area contributed by atoms with Crippen molar-refractivity contribution in [2.75, 3.05) is 25.0 Å². The van der Waals surface area contributed by atoms with E-state index in [0.717, 1.165) is 17.9 Å². The maximum absolute atomic E-state index is 11.7. The van der Waals surface area contributed by atoms with E-state index in [0.29, 0.717) is 12.2 Å². The number of aromatic nitrogens is 2. The van der Waals surface area contributed by atoms with Crippen molar-refractivity contribution >= 4 is 11.7 Å². The van der Waals surface area contributed by atoms with Gasteiger partial charge in [0, 0.05) is 20.1 Å². The number of amides is 1. The highest BCUT2D eigenvalue weighted by Crippen LogP contribution is 2.34. The molecule has 1 aromatic heterocycles. The number of ether oxygens (including phenoxy) is 1. The van der Waals surface area contributed by atoms with E-state index in [2.05, 4.69) is 53.3 Å². The summed E-state index contributed by atoms with van der Waals surface area (Å²) in [6.07, 6.45) is 0.0245. The van der Waals surface area contributed by atoms with Gasteiger partial charge in [-0.2, -0.15) is 0 Å². The quantitative estimate of drug-likeness (QED) is 0.918. The number of carbonyl (C=O) groups excluding carboxylic acids is 1. The lowest BCUT2D eigenvalue weighted by atomic mass is 9.87. The summed E-state index contributed by atoms with van der Waals surface area (Å²) in [7, 11) is 1.58. The van der Waals surface area contributed by atoms with E-state index >= 15 is 0 Å². The van der Waals surface area contributed by atoms with Crippen LogP contribution >= 0.6 is 0 Å². The molecule has 2 aromatic rings. The highest BCUT2D eigenvalue weighted by atomic mass is 16.5. The fourth-order valence-electron chi connectivity index (χ4n) is 3.02. The van der Waals surface area contributed by atoms with Gasteiger partial charge < -0.3 is 15.0 Å². The summed E-state index contributed by atoms with van der Waals surface area (Å²) in [6.45, 7) is 7.99. The lowest BCUT2D eigenvalue weighted by molar-refractivity contribution is -0.0793. The van der Waals surface area contributed by atoms with Crippen molar-refractivity contribution < 1.29 is 9.53 Å². The minimum absolute atomic E-state index is 0.00116. The number of anilines is 1. The van der Waals surface area contributed by atoms with Gasteiger partial charge in [-0.3, -0.25) is 4.79 Å². The molecule has 26 heavy (non-hydrogen) atoms. The van der Waals surface area contributed by atoms with Crippen LogP contribution in [0.5, 0.6) is 0 Å². The van der Waals surface area contributed by atoms with Gasteiger partial charge in [0.2, 0.25) is 0 Å². The standard InChI is InChI=1S/C20H26N4O2/c1-20(2,3)17-13-24(12-16(26-17)14-8-6-5-7-9-14)18-11-10-15(22-23-18)19(25)21-4/h5-11,16-17H,12-13H2,1-4H3,(H,21,25)/t16-,17+/m0/s1. The van der Waals surface area contributed by atoms with Gasteiger partial charge >= 0.3 is 0 Å². The number of benzene rings is 1. The van der Waals surface area contributed by atoms with Crippen LogP contribution < -0.4 is 10.2 Å². The summed E-state index contributed by atoms with van der Waals surface area (Å²) >= 11 is 0.